The van der Waals surface area contributed by atoms with E-state index in [0.29, 0.717) is 12.5 Å². The van der Waals surface area contributed by atoms with Gasteiger partial charge in [-0.25, -0.2) is 9.97 Å². The number of aromatic nitrogens is 3. The van der Waals surface area contributed by atoms with Crippen LogP contribution in [0.3, 0.4) is 0 Å². The Morgan fingerprint density at radius 1 is 1.58 bits per heavy atom. The third-order valence-corrected chi connectivity index (χ3v) is 5.26. The summed E-state index contributed by atoms with van der Waals surface area (Å²) in [7, 11) is 0. The fraction of sp³-hybridized carbons (Fsp3) is 0.529. The molecule has 0 radical (unpaired) electrons. The third-order valence-electron chi connectivity index (χ3n) is 5.26. The monoisotopic (exact) mass is 326 g/mol. The van der Waals surface area contributed by atoms with Crippen molar-refractivity contribution >= 4 is 22.8 Å². The maximum Gasteiger partial charge on any atom is 0.237 e. The molecule has 1 amide bonds. The molecule has 1 fully saturated rings. The second-order valence-electron chi connectivity index (χ2n) is 6.34. The summed E-state index contributed by atoms with van der Waals surface area (Å²) in [5.41, 5.74) is 0.645. The van der Waals surface area contributed by atoms with Gasteiger partial charge < -0.3 is 15.2 Å². The zero-order chi connectivity index (χ0) is 17.2. The van der Waals surface area contributed by atoms with Crippen LogP contribution in [0.2, 0.25) is 0 Å². The highest BCUT2D eigenvalue weighted by atomic mass is 16.2. The van der Waals surface area contributed by atoms with E-state index in [9.17, 15) is 4.79 Å². The van der Waals surface area contributed by atoms with Crippen molar-refractivity contribution in [1.82, 2.24) is 19.9 Å². The first-order valence-electron chi connectivity index (χ1n) is 8.31. The number of anilines is 1. The molecule has 0 saturated carbocycles. The second kappa shape index (κ2) is 6.48. The van der Waals surface area contributed by atoms with Crippen molar-refractivity contribution in [1.29, 1.82) is 5.26 Å². The van der Waals surface area contributed by atoms with E-state index in [0.717, 1.165) is 36.2 Å². The van der Waals surface area contributed by atoms with E-state index in [1.54, 1.807) is 0 Å². The van der Waals surface area contributed by atoms with Crippen LogP contribution in [0.1, 0.15) is 33.1 Å². The molecule has 0 spiro atoms. The molecule has 3 heterocycles. The van der Waals surface area contributed by atoms with Gasteiger partial charge in [0.05, 0.1) is 11.5 Å². The van der Waals surface area contributed by atoms with Crippen molar-refractivity contribution in [3.63, 3.8) is 0 Å². The Morgan fingerprint density at radius 2 is 2.42 bits per heavy atom. The SMILES string of the molecule is CC[C@]1(CCNc2ncnc3[nH]ccc23)[C@H](C)CN1C(=O)CC#N. The fourth-order valence-corrected chi connectivity index (χ4v) is 3.80. The van der Waals surface area contributed by atoms with E-state index in [1.165, 1.54) is 6.33 Å². The number of fused-ring (bicyclic) bond motifs is 1. The number of rotatable bonds is 6. The third kappa shape index (κ3) is 2.58. The van der Waals surface area contributed by atoms with E-state index in [1.807, 2.05) is 23.2 Å². The summed E-state index contributed by atoms with van der Waals surface area (Å²) in [6, 6.07) is 3.91. The number of hydrogen-bond donors (Lipinski definition) is 2. The van der Waals surface area contributed by atoms with Gasteiger partial charge in [-0.15, -0.1) is 0 Å². The van der Waals surface area contributed by atoms with Crippen LogP contribution >= 0.6 is 0 Å². The Labute approximate surface area is 141 Å². The zero-order valence-electron chi connectivity index (χ0n) is 14.0. The fourth-order valence-electron chi connectivity index (χ4n) is 3.80. The Kier molecular flexibility index (Phi) is 4.38. The molecule has 0 aromatic carbocycles. The number of nitriles is 1. The summed E-state index contributed by atoms with van der Waals surface area (Å²) in [6.45, 7) is 5.74. The van der Waals surface area contributed by atoms with Crippen molar-refractivity contribution in [3.05, 3.63) is 18.6 Å². The minimum atomic E-state index is -0.161. The Hall–Kier alpha value is -2.62. The van der Waals surface area contributed by atoms with Crippen molar-refractivity contribution in [2.75, 3.05) is 18.4 Å². The molecule has 1 aliphatic rings. The molecule has 7 nitrogen and oxygen atoms in total. The quantitative estimate of drug-likeness (QED) is 0.849. The molecule has 3 rings (SSSR count). The van der Waals surface area contributed by atoms with Crippen molar-refractivity contribution in [2.45, 2.75) is 38.6 Å². The lowest BCUT2D eigenvalue weighted by atomic mass is 9.70. The average molecular weight is 326 g/mol. The predicted octanol–water partition coefficient (Wildman–Crippen LogP) is 2.30. The average Bonchev–Trinajstić information content (AvgIpc) is 3.06. The van der Waals surface area contributed by atoms with Crippen LogP contribution in [0.15, 0.2) is 18.6 Å². The van der Waals surface area contributed by atoms with Crippen LogP contribution in [0.25, 0.3) is 11.0 Å². The highest BCUT2D eigenvalue weighted by molar-refractivity contribution is 5.86. The number of aromatic amines is 1. The van der Waals surface area contributed by atoms with Crippen LogP contribution in [0, 0.1) is 17.2 Å². The van der Waals surface area contributed by atoms with E-state index >= 15 is 0 Å². The topological polar surface area (TPSA) is 97.7 Å². The number of likely N-dealkylation sites (tertiary alicyclic amines) is 1. The molecule has 2 aromatic rings. The van der Waals surface area contributed by atoms with E-state index < -0.39 is 0 Å². The van der Waals surface area contributed by atoms with Gasteiger partial charge in [-0.3, -0.25) is 4.79 Å². The number of nitrogens with zero attached hydrogens (tertiary/aromatic N) is 4. The van der Waals surface area contributed by atoms with Gasteiger partial charge in [0.25, 0.3) is 0 Å². The van der Waals surface area contributed by atoms with Gasteiger partial charge in [0, 0.05) is 24.8 Å². The van der Waals surface area contributed by atoms with Crippen LogP contribution in [-0.2, 0) is 4.79 Å². The summed E-state index contributed by atoms with van der Waals surface area (Å²) >= 11 is 0. The normalized spacial score (nSPS) is 22.9. The van der Waals surface area contributed by atoms with Crippen LogP contribution in [-0.4, -0.2) is 44.4 Å². The molecule has 7 heteroatoms. The highest BCUT2D eigenvalue weighted by Gasteiger charge is 2.51. The smallest absolute Gasteiger partial charge is 0.237 e. The molecule has 126 valence electrons. The molecule has 24 heavy (non-hydrogen) atoms. The van der Waals surface area contributed by atoms with E-state index in [2.05, 4.69) is 34.1 Å². The van der Waals surface area contributed by atoms with Crippen molar-refractivity contribution < 1.29 is 4.79 Å². The zero-order valence-corrected chi connectivity index (χ0v) is 14.0. The molecule has 2 atom stereocenters. The molecule has 1 saturated heterocycles. The Morgan fingerprint density at radius 3 is 3.12 bits per heavy atom. The van der Waals surface area contributed by atoms with Gasteiger partial charge in [0.1, 0.15) is 24.2 Å². The number of carbonyl (C=O) groups is 1. The number of H-pyrrole nitrogens is 1. The predicted molar refractivity (Wildman–Crippen MR) is 91.1 cm³/mol. The maximum atomic E-state index is 12.2. The highest BCUT2D eigenvalue weighted by Crippen LogP contribution is 2.42. The minimum absolute atomic E-state index is 0.0439. The lowest BCUT2D eigenvalue weighted by molar-refractivity contribution is -0.156. The summed E-state index contributed by atoms with van der Waals surface area (Å²) in [5, 5.41) is 13.1. The van der Waals surface area contributed by atoms with Crippen LogP contribution in [0.5, 0.6) is 0 Å². The summed E-state index contributed by atoms with van der Waals surface area (Å²) in [5.74, 6) is 1.17. The molecule has 0 bridgehead atoms. The molecular weight excluding hydrogens is 304 g/mol. The number of amides is 1. The molecule has 2 aromatic heterocycles. The van der Waals surface area contributed by atoms with Gasteiger partial charge >= 0.3 is 0 Å². The van der Waals surface area contributed by atoms with Gasteiger partial charge in [0.2, 0.25) is 5.91 Å². The van der Waals surface area contributed by atoms with Crippen LogP contribution < -0.4 is 5.32 Å². The molecular formula is C17H22N6O. The first-order chi connectivity index (χ1) is 11.6. The molecule has 0 aliphatic carbocycles. The summed E-state index contributed by atoms with van der Waals surface area (Å²) in [4.78, 5) is 25.6. The Balaban J connectivity index is 1.68. The summed E-state index contributed by atoms with van der Waals surface area (Å²) < 4.78 is 0. The number of hydrogen-bond acceptors (Lipinski definition) is 5. The van der Waals surface area contributed by atoms with Crippen molar-refractivity contribution in [2.24, 2.45) is 5.92 Å². The first-order valence-corrected chi connectivity index (χ1v) is 8.31. The second-order valence-corrected chi connectivity index (χ2v) is 6.34. The summed E-state index contributed by atoms with van der Waals surface area (Å²) in [6.07, 6.45) is 5.05. The van der Waals surface area contributed by atoms with Gasteiger partial charge in [-0.1, -0.05) is 13.8 Å². The Bertz CT molecular complexity index is 779. The lowest BCUT2D eigenvalue weighted by Gasteiger charge is -2.58. The van der Waals surface area contributed by atoms with E-state index in [4.69, 9.17) is 5.26 Å². The standard InChI is InChI=1S/C17H22N6O/c1-3-17(12(2)10-23(17)14(24)4-7-18)6-9-20-16-13-5-8-19-15(13)21-11-22-16/h5,8,11-12H,3-4,6,9-10H2,1-2H3,(H2,19,20,21,22)/t12-,17+/m1/s1. The number of carbonyl (C=O) groups excluding carboxylic acids is 1. The van der Waals surface area contributed by atoms with Gasteiger partial charge in [0.15, 0.2) is 0 Å². The molecule has 0 unspecified atom stereocenters. The van der Waals surface area contributed by atoms with Gasteiger partial charge in [-0.05, 0) is 24.8 Å². The molecule has 1 aliphatic heterocycles. The maximum absolute atomic E-state index is 12.2. The largest absolute Gasteiger partial charge is 0.369 e. The van der Waals surface area contributed by atoms with Crippen molar-refractivity contribution in [3.8, 4) is 6.07 Å². The van der Waals surface area contributed by atoms with Crippen LogP contribution in [0.4, 0.5) is 5.82 Å². The van der Waals surface area contributed by atoms with Gasteiger partial charge in [-0.2, -0.15) is 5.26 Å². The molecule has 2 N–H and O–H groups in total. The lowest BCUT2D eigenvalue weighted by Crippen LogP contribution is -2.68. The minimum Gasteiger partial charge on any atom is -0.369 e. The first kappa shape index (κ1) is 16.2. The number of nitrogens with one attached hydrogen (secondary N) is 2. The van der Waals surface area contributed by atoms with E-state index in [-0.39, 0.29) is 17.9 Å².